The number of hydrogen-bond acceptors (Lipinski definition) is 2. The fourth-order valence-corrected chi connectivity index (χ4v) is 1.10. The van der Waals surface area contributed by atoms with Crippen LogP contribution in [0, 0.1) is 5.41 Å². The lowest BCUT2D eigenvalue weighted by molar-refractivity contribution is 1.21. The van der Waals surface area contributed by atoms with Crippen LogP contribution >= 0.6 is 15.9 Å². The summed E-state index contributed by atoms with van der Waals surface area (Å²) in [6.07, 6.45) is 3.78. The smallest absolute Gasteiger partial charge is 0.106 e. The fraction of sp³-hybridized carbons (Fsp3) is 0.143. The molecule has 1 aromatic heterocycles. The number of halogens is 1. The minimum Gasteiger partial charge on any atom is -0.313 e. The zero-order chi connectivity index (χ0) is 7.40. The van der Waals surface area contributed by atoms with Crippen molar-refractivity contribution in [3.8, 4) is 0 Å². The molecule has 1 aromatic rings. The summed E-state index contributed by atoms with van der Waals surface area (Å²) in [6, 6.07) is 3.81. The molecule has 0 fully saturated rings. The van der Waals surface area contributed by atoms with Gasteiger partial charge in [0.25, 0.3) is 0 Å². The summed E-state index contributed by atoms with van der Waals surface area (Å²) in [5.74, 6) is 0. The van der Waals surface area contributed by atoms with Crippen LogP contribution in [-0.4, -0.2) is 11.2 Å². The van der Waals surface area contributed by atoms with E-state index in [0.29, 0.717) is 6.42 Å². The van der Waals surface area contributed by atoms with Crippen molar-refractivity contribution in [3.05, 3.63) is 28.5 Å². The largest absolute Gasteiger partial charge is 0.313 e. The Kier molecular flexibility index (Phi) is 2.57. The number of nitrogens with one attached hydrogen (secondary N) is 1. The van der Waals surface area contributed by atoms with Gasteiger partial charge in [-0.3, -0.25) is 0 Å². The summed E-state index contributed by atoms with van der Waals surface area (Å²) in [7, 11) is 0. The van der Waals surface area contributed by atoms with Gasteiger partial charge in [-0.05, 0) is 39.8 Å². The summed E-state index contributed by atoms with van der Waals surface area (Å²) in [4.78, 5) is 3.96. The predicted molar refractivity (Wildman–Crippen MR) is 44.4 cm³/mol. The molecule has 0 amide bonds. The predicted octanol–water partition coefficient (Wildman–Crippen LogP) is 2.04. The molecule has 1 heterocycles. The van der Waals surface area contributed by atoms with Gasteiger partial charge < -0.3 is 5.41 Å². The van der Waals surface area contributed by atoms with Crippen molar-refractivity contribution in [1.29, 1.82) is 5.41 Å². The van der Waals surface area contributed by atoms with E-state index in [4.69, 9.17) is 5.41 Å². The summed E-state index contributed by atoms with van der Waals surface area (Å²) in [6.45, 7) is 0. The first-order chi connectivity index (χ1) is 4.83. The molecule has 0 saturated carbocycles. The fourth-order valence-electron chi connectivity index (χ4n) is 0.687. The van der Waals surface area contributed by atoms with Crippen molar-refractivity contribution in [3.63, 3.8) is 0 Å². The van der Waals surface area contributed by atoms with Gasteiger partial charge in [0.2, 0.25) is 0 Å². The Hall–Kier alpha value is -0.700. The van der Waals surface area contributed by atoms with Crippen LogP contribution in [0.3, 0.4) is 0 Å². The Balaban J connectivity index is 2.84. The van der Waals surface area contributed by atoms with Crippen LogP contribution in [-0.2, 0) is 6.42 Å². The Bertz CT molecular complexity index is 235. The van der Waals surface area contributed by atoms with Crippen LogP contribution in [0.2, 0.25) is 0 Å². The third kappa shape index (κ3) is 1.92. The van der Waals surface area contributed by atoms with Gasteiger partial charge in [0, 0.05) is 12.6 Å². The molecule has 2 nitrogen and oxygen atoms in total. The van der Waals surface area contributed by atoms with E-state index in [2.05, 4.69) is 20.9 Å². The number of rotatable bonds is 2. The molecule has 0 aliphatic carbocycles. The minimum absolute atomic E-state index is 0.682. The summed E-state index contributed by atoms with van der Waals surface area (Å²) in [5, 5.41) is 6.85. The normalized spacial score (nSPS) is 9.30. The molecule has 52 valence electrons. The lowest BCUT2D eigenvalue weighted by Crippen LogP contribution is -1.85. The van der Waals surface area contributed by atoms with E-state index in [0.717, 1.165) is 10.2 Å². The van der Waals surface area contributed by atoms with E-state index in [9.17, 15) is 0 Å². The summed E-state index contributed by atoms with van der Waals surface area (Å²) >= 11 is 3.25. The van der Waals surface area contributed by atoms with E-state index in [1.165, 1.54) is 6.21 Å². The van der Waals surface area contributed by atoms with Gasteiger partial charge in [-0.2, -0.15) is 0 Å². The number of pyridine rings is 1. The van der Waals surface area contributed by atoms with Gasteiger partial charge in [-0.1, -0.05) is 0 Å². The highest BCUT2D eigenvalue weighted by Crippen LogP contribution is 2.07. The Morgan fingerprint density at radius 2 is 2.50 bits per heavy atom. The Morgan fingerprint density at radius 3 is 3.10 bits per heavy atom. The monoisotopic (exact) mass is 198 g/mol. The lowest BCUT2D eigenvalue weighted by atomic mass is 10.2. The molecule has 0 spiro atoms. The number of nitrogens with zero attached hydrogens (tertiary/aromatic N) is 1. The van der Waals surface area contributed by atoms with E-state index < -0.39 is 0 Å². The zero-order valence-electron chi connectivity index (χ0n) is 5.34. The quantitative estimate of drug-likeness (QED) is 0.574. The van der Waals surface area contributed by atoms with Crippen molar-refractivity contribution in [2.24, 2.45) is 0 Å². The average molecular weight is 199 g/mol. The van der Waals surface area contributed by atoms with Crippen LogP contribution in [0.1, 0.15) is 5.56 Å². The van der Waals surface area contributed by atoms with Gasteiger partial charge >= 0.3 is 0 Å². The van der Waals surface area contributed by atoms with Crippen molar-refractivity contribution in [2.45, 2.75) is 6.42 Å². The van der Waals surface area contributed by atoms with E-state index in [-0.39, 0.29) is 0 Å². The Labute approximate surface area is 67.9 Å². The Morgan fingerprint density at radius 1 is 1.70 bits per heavy atom. The van der Waals surface area contributed by atoms with Gasteiger partial charge in [0.1, 0.15) is 4.60 Å². The molecule has 0 saturated heterocycles. The molecule has 10 heavy (non-hydrogen) atoms. The summed E-state index contributed by atoms with van der Waals surface area (Å²) in [5.41, 5.74) is 1.11. The van der Waals surface area contributed by atoms with Crippen LogP contribution < -0.4 is 0 Å². The van der Waals surface area contributed by atoms with Gasteiger partial charge in [-0.15, -0.1) is 0 Å². The van der Waals surface area contributed by atoms with E-state index in [1.54, 1.807) is 6.20 Å². The molecule has 1 rings (SSSR count). The lowest BCUT2D eigenvalue weighted by Gasteiger charge is -1.93. The first-order valence-corrected chi connectivity index (χ1v) is 3.71. The maximum absolute atomic E-state index is 6.85. The highest BCUT2D eigenvalue weighted by Gasteiger charge is 1.90. The first kappa shape index (κ1) is 7.41. The van der Waals surface area contributed by atoms with Gasteiger partial charge in [0.15, 0.2) is 0 Å². The molecular formula is C7H7BrN2. The molecule has 0 unspecified atom stereocenters. The summed E-state index contributed by atoms with van der Waals surface area (Å²) < 4.78 is 0.826. The van der Waals surface area contributed by atoms with E-state index in [1.807, 2.05) is 12.1 Å². The molecule has 0 atom stereocenters. The highest BCUT2D eigenvalue weighted by molar-refractivity contribution is 9.10. The van der Waals surface area contributed by atoms with Crippen molar-refractivity contribution in [1.82, 2.24) is 4.98 Å². The zero-order valence-corrected chi connectivity index (χ0v) is 6.93. The second kappa shape index (κ2) is 3.46. The van der Waals surface area contributed by atoms with Crippen molar-refractivity contribution >= 4 is 22.1 Å². The molecular weight excluding hydrogens is 192 g/mol. The van der Waals surface area contributed by atoms with E-state index >= 15 is 0 Å². The highest BCUT2D eigenvalue weighted by atomic mass is 79.9. The third-order valence-corrected chi connectivity index (χ3v) is 1.56. The van der Waals surface area contributed by atoms with Crippen molar-refractivity contribution in [2.75, 3.05) is 0 Å². The second-order valence-corrected chi connectivity index (χ2v) is 2.71. The van der Waals surface area contributed by atoms with Gasteiger partial charge in [-0.25, -0.2) is 4.98 Å². The van der Waals surface area contributed by atoms with Crippen LogP contribution in [0.15, 0.2) is 22.9 Å². The molecule has 0 aliphatic heterocycles. The van der Waals surface area contributed by atoms with Crippen LogP contribution in [0.25, 0.3) is 0 Å². The SMILES string of the molecule is N=CCc1ccnc(Br)c1. The molecule has 0 radical (unpaired) electrons. The van der Waals surface area contributed by atoms with Crippen LogP contribution in [0.5, 0.6) is 0 Å². The number of aromatic nitrogens is 1. The maximum atomic E-state index is 6.85. The minimum atomic E-state index is 0.682. The molecule has 3 heteroatoms. The maximum Gasteiger partial charge on any atom is 0.106 e. The third-order valence-electron chi connectivity index (χ3n) is 1.13. The standard InChI is InChI=1S/C7H7BrN2/c8-7-5-6(1-3-9)2-4-10-7/h2-5,9H,1H2. The average Bonchev–Trinajstić information content (AvgIpc) is 1.88. The second-order valence-electron chi connectivity index (χ2n) is 1.90. The molecule has 0 aromatic carbocycles. The van der Waals surface area contributed by atoms with Crippen molar-refractivity contribution < 1.29 is 0 Å². The first-order valence-electron chi connectivity index (χ1n) is 2.92. The van der Waals surface area contributed by atoms with Crippen LogP contribution in [0.4, 0.5) is 0 Å². The molecule has 1 N–H and O–H groups in total. The molecule has 0 aliphatic rings. The number of hydrogen-bond donors (Lipinski definition) is 1. The van der Waals surface area contributed by atoms with Gasteiger partial charge in [0.05, 0.1) is 0 Å². The topological polar surface area (TPSA) is 36.7 Å². The molecule has 0 bridgehead atoms.